The van der Waals surface area contributed by atoms with Crippen molar-refractivity contribution in [2.45, 2.75) is 0 Å². The summed E-state index contributed by atoms with van der Waals surface area (Å²) in [5.41, 5.74) is 2.00. The van der Waals surface area contributed by atoms with E-state index in [9.17, 15) is 0 Å². The van der Waals surface area contributed by atoms with Crippen LogP contribution >= 0.6 is 11.3 Å². The lowest BCUT2D eigenvalue weighted by Gasteiger charge is -2.03. The number of hydrogen-bond donors (Lipinski definition) is 0. The summed E-state index contributed by atoms with van der Waals surface area (Å²) < 4.78 is 7.34. The van der Waals surface area contributed by atoms with E-state index in [0.717, 1.165) is 15.9 Å². The third-order valence-electron chi connectivity index (χ3n) is 2.23. The Kier molecular flexibility index (Phi) is 1.52. The van der Waals surface area contributed by atoms with E-state index in [1.807, 2.05) is 29.8 Å². The molecule has 0 aromatic carbocycles. The van der Waals surface area contributed by atoms with Gasteiger partial charge in [0, 0.05) is 6.20 Å². The van der Waals surface area contributed by atoms with Crippen molar-refractivity contribution in [3.8, 4) is 5.88 Å². The molecule has 0 bridgehead atoms. The average Bonchev–Trinajstić information content (AvgIpc) is 2.83. The number of rotatable bonds is 1. The fourth-order valence-electron chi connectivity index (χ4n) is 1.61. The van der Waals surface area contributed by atoms with Crippen LogP contribution in [0.4, 0.5) is 0 Å². The van der Waals surface area contributed by atoms with Gasteiger partial charge in [0.1, 0.15) is 15.9 Å². The molecule has 3 nitrogen and oxygen atoms in total. The Morgan fingerprint density at radius 2 is 2.36 bits per heavy atom. The molecule has 3 heterocycles. The second kappa shape index (κ2) is 2.72. The molecule has 0 unspecified atom stereocenters. The highest BCUT2D eigenvalue weighted by molar-refractivity contribution is 7.16. The standard InChI is InChI=1S/C10H8N2OS/c1-13-9-8-3-2-5-12(8)10-7(11-9)4-6-14-10/h2-6H,1H3. The first-order chi connectivity index (χ1) is 6.90. The summed E-state index contributed by atoms with van der Waals surface area (Å²) >= 11 is 1.69. The fraction of sp³-hybridized carbons (Fsp3) is 0.100. The average molecular weight is 204 g/mol. The van der Waals surface area contributed by atoms with Gasteiger partial charge in [0.15, 0.2) is 0 Å². The van der Waals surface area contributed by atoms with Crippen molar-refractivity contribution in [2.24, 2.45) is 0 Å². The number of nitrogens with zero attached hydrogens (tertiary/aromatic N) is 2. The smallest absolute Gasteiger partial charge is 0.238 e. The molecule has 3 aromatic rings. The van der Waals surface area contributed by atoms with Crippen molar-refractivity contribution in [3.63, 3.8) is 0 Å². The van der Waals surface area contributed by atoms with Gasteiger partial charge in [-0.25, -0.2) is 4.98 Å². The van der Waals surface area contributed by atoms with Crippen molar-refractivity contribution in [1.29, 1.82) is 0 Å². The van der Waals surface area contributed by atoms with Crippen LogP contribution < -0.4 is 4.74 Å². The Balaban J connectivity index is 2.59. The van der Waals surface area contributed by atoms with E-state index in [0.29, 0.717) is 5.88 Å². The molecule has 0 aliphatic heterocycles. The molecule has 4 heteroatoms. The van der Waals surface area contributed by atoms with Gasteiger partial charge in [-0.15, -0.1) is 11.3 Å². The summed E-state index contributed by atoms with van der Waals surface area (Å²) in [6.07, 6.45) is 2.03. The molecule has 0 aliphatic carbocycles. The van der Waals surface area contributed by atoms with Crippen LogP contribution in [0.3, 0.4) is 0 Å². The summed E-state index contributed by atoms with van der Waals surface area (Å²) in [6.45, 7) is 0. The Labute approximate surface area is 84.6 Å². The van der Waals surface area contributed by atoms with Crippen LogP contribution in [-0.2, 0) is 0 Å². The largest absolute Gasteiger partial charge is 0.479 e. The van der Waals surface area contributed by atoms with Crippen LogP contribution in [0.5, 0.6) is 5.88 Å². The topological polar surface area (TPSA) is 26.5 Å². The van der Waals surface area contributed by atoms with Crippen LogP contribution in [0, 0.1) is 0 Å². The molecule has 0 aliphatic rings. The molecule has 0 saturated heterocycles. The van der Waals surface area contributed by atoms with Crippen LogP contribution in [0.15, 0.2) is 29.8 Å². The monoisotopic (exact) mass is 204 g/mol. The van der Waals surface area contributed by atoms with Gasteiger partial charge in [-0.1, -0.05) is 0 Å². The maximum atomic E-state index is 5.24. The zero-order chi connectivity index (χ0) is 9.54. The minimum Gasteiger partial charge on any atom is -0.479 e. The predicted molar refractivity (Wildman–Crippen MR) is 57.1 cm³/mol. The number of ether oxygens (including phenoxy) is 1. The highest BCUT2D eigenvalue weighted by Gasteiger charge is 2.08. The first-order valence-electron chi connectivity index (χ1n) is 4.28. The van der Waals surface area contributed by atoms with Crippen molar-refractivity contribution in [2.75, 3.05) is 7.11 Å². The SMILES string of the molecule is COc1nc2ccsc2n2cccc12. The van der Waals surface area contributed by atoms with Crippen molar-refractivity contribution < 1.29 is 4.74 Å². The normalized spacial score (nSPS) is 11.2. The molecular formula is C10H8N2OS. The van der Waals surface area contributed by atoms with E-state index in [1.165, 1.54) is 0 Å². The number of thiophene rings is 1. The maximum Gasteiger partial charge on any atom is 0.238 e. The van der Waals surface area contributed by atoms with Gasteiger partial charge in [0.25, 0.3) is 0 Å². The molecule has 0 radical (unpaired) electrons. The minimum absolute atomic E-state index is 0.681. The molecule has 14 heavy (non-hydrogen) atoms. The van der Waals surface area contributed by atoms with E-state index in [-0.39, 0.29) is 0 Å². The lowest BCUT2D eigenvalue weighted by atomic mass is 10.4. The fourth-order valence-corrected chi connectivity index (χ4v) is 2.44. The van der Waals surface area contributed by atoms with E-state index in [1.54, 1.807) is 18.4 Å². The number of fused-ring (bicyclic) bond motifs is 3. The summed E-state index contributed by atoms with van der Waals surface area (Å²) in [7, 11) is 1.65. The number of methoxy groups -OCH3 is 1. The first kappa shape index (κ1) is 7.82. The van der Waals surface area contributed by atoms with Gasteiger partial charge in [-0.2, -0.15) is 0 Å². The van der Waals surface area contributed by atoms with Crippen molar-refractivity contribution in [1.82, 2.24) is 9.38 Å². The lowest BCUT2D eigenvalue weighted by Crippen LogP contribution is -1.92. The molecule has 0 saturated carbocycles. The van der Waals surface area contributed by atoms with Crippen LogP contribution in [0.25, 0.3) is 15.9 Å². The van der Waals surface area contributed by atoms with Gasteiger partial charge in [0.05, 0.1) is 7.11 Å². The highest BCUT2D eigenvalue weighted by atomic mass is 32.1. The molecule has 0 spiro atoms. The van der Waals surface area contributed by atoms with Crippen molar-refractivity contribution >= 4 is 27.2 Å². The zero-order valence-corrected chi connectivity index (χ0v) is 8.41. The predicted octanol–water partition coefficient (Wildman–Crippen LogP) is 2.56. The molecule has 3 aromatic heterocycles. The second-order valence-electron chi connectivity index (χ2n) is 3.00. The molecular weight excluding hydrogens is 196 g/mol. The quantitative estimate of drug-likeness (QED) is 0.609. The van der Waals surface area contributed by atoms with Gasteiger partial charge < -0.3 is 9.14 Å². The van der Waals surface area contributed by atoms with E-state index < -0.39 is 0 Å². The summed E-state index contributed by atoms with van der Waals surface area (Å²) in [5.74, 6) is 0.681. The van der Waals surface area contributed by atoms with E-state index >= 15 is 0 Å². The highest BCUT2D eigenvalue weighted by Crippen LogP contribution is 2.26. The van der Waals surface area contributed by atoms with E-state index in [4.69, 9.17) is 4.74 Å². The van der Waals surface area contributed by atoms with Gasteiger partial charge in [-0.05, 0) is 23.6 Å². The van der Waals surface area contributed by atoms with E-state index in [2.05, 4.69) is 9.38 Å². The molecule has 3 rings (SSSR count). The first-order valence-corrected chi connectivity index (χ1v) is 5.16. The third-order valence-corrected chi connectivity index (χ3v) is 3.13. The molecule has 0 atom stereocenters. The van der Waals surface area contributed by atoms with Gasteiger partial charge in [-0.3, -0.25) is 0 Å². The lowest BCUT2D eigenvalue weighted by molar-refractivity contribution is 0.403. The molecule has 0 N–H and O–H groups in total. The van der Waals surface area contributed by atoms with Crippen molar-refractivity contribution in [3.05, 3.63) is 29.8 Å². The molecule has 70 valence electrons. The summed E-state index contributed by atoms with van der Waals surface area (Å²) in [5, 5.41) is 2.04. The van der Waals surface area contributed by atoms with Crippen LogP contribution in [0.2, 0.25) is 0 Å². The summed E-state index contributed by atoms with van der Waals surface area (Å²) in [4.78, 5) is 5.58. The maximum absolute atomic E-state index is 5.24. The second-order valence-corrected chi connectivity index (χ2v) is 3.89. The third kappa shape index (κ3) is 0.886. The zero-order valence-electron chi connectivity index (χ0n) is 7.60. The number of aromatic nitrogens is 2. The summed E-state index contributed by atoms with van der Waals surface area (Å²) in [6, 6.07) is 6.01. The Hall–Kier alpha value is -1.55. The number of hydrogen-bond acceptors (Lipinski definition) is 3. The Bertz CT molecular complexity index is 596. The Morgan fingerprint density at radius 1 is 1.43 bits per heavy atom. The Morgan fingerprint density at radius 3 is 3.21 bits per heavy atom. The molecule has 0 fully saturated rings. The van der Waals surface area contributed by atoms with Gasteiger partial charge >= 0.3 is 0 Å². The van der Waals surface area contributed by atoms with Gasteiger partial charge in [0.2, 0.25) is 5.88 Å². The van der Waals surface area contributed by atoms with Crippen LogP contribution in [-0.4, -0.2) is 16.5 Å². The van der Waals surface area contributed by atoms with Crippen LogP contribution in [0.1, 0.15) is 0 Å². The molecule has 0 amide bonds. The minimum atomic E-state index is 0.681.